The third kappa shape index (κ3) is 4.02. The van der Waals surface area contributed by atoms with Crippen LogP contribution in [0.25, 0.3) is 0 Å². The van der Waals surface area contributed by atoms with Gasteiger partial charge in [-0.25, -0.2) is 0 Å². The third-order valence-corrected chi connectivity index (χ3v) is 6.38. The summed E-state index contributed by atoms with van der Waals surface area (Å²) in [5.74, 6) is 0. The normalized spacial score (nSPS) is 30.7. The average Bonchev–Trinajstić information content (AvgIpc) is 2.97. The van der Waals surface area contributed by atoms with Crippen LogP contribution < -0.4 is 5.32 Å². The van der Waals surface area contributed by atoms with Crippen LogP contribution in [0.1, 0.15) is 26.2 Å². The van der Waals surface area contributed by atoms with Crippen molar-refractivity contribution >= 4 is 21.6 Å². The summed E-state index contributed by atoms with van der Waals surface area (Å²) in [5, 5.41) is 3.67. The van der Waals surface area contributed by atoms with Gasteiger partial charge in [-0.2, -0.15) is 0 Å². The molecule has 2 rings (SSSR count). The average molecular weight is 291 g/mol. The van der Waals surface area contributed by atoms with E-state index in [0.29, 0.717) is 11.0 Å². The zero-order chi connectivity index (χ0) is 13.0. The van der Waals surface area contributed by atoms with Crippen LogP contribution in [0.4, 0.5) is 0 Å². The van der Waals surface area contributed by atoms with Gasteiger partial charge < -0.3 is 0 Å². The van der Waals surface area contributed by atoms with Crippen LogP contribution in [-0.2, 0) is 0 Å². The Bertz CT molecular complexity index is 252. The van der Waals surface area contributed by atoms with E-state index in [0.717, 1.165) is 6.67 Å². The number of unbranched alkanes of at least 4 members (excludes halogenated alkanes) is 2. The van der Waals surface area contributed by atoms with Crippen molar-refractivity contribution in [1.82, 2.24) is 20.0 Å². The van der Waals surface area contributed by atoms with Crippen LogP contribution >= 0.6 is 21.6 Å². The van der Waals surface area contributed by atoms with Crippen LogP contribution in [0.3, 0.4) is 0 Å². The second-order valence-electron chi connectivity index (χ2n) is 5.31. The lowest BCUT2D eigenvalue weighted by atomic mass is 10.2. The van der Waals surface area contributed by atoms with Gasteiger partial charge in [0.15, 0.2) is 0 Å². The molecule has 2 unspecified atom stereocenters. The Labute approximate surface area is 119 Å². The molecule has 0 aliphatic carbocycles. The van der Waals surface area contributed by atoms with Gasteiger partial charge >= 0.3 is 0 Å². The van der Waals surface area contributed by atoms with Crippen molar-refractivity contribution in [3.05, 3.63) is 0 Å². The summed E-state index contributed by atoms with van der Waals surface area (Å²) < 4.78 is 0. The summed E-state index contributed by atoms with van der Waals surface area (Å²) >= 11 is 0. The molecule has 2 aliphatic heterocycles. The molecule has 0 saturated carbocycles. The quantitative estimate of drug-likeness (QED) is 0.591. The van der Waals surface area contributed by atoms with Crippen molar-refractivity contribution in [2.24, 2.45) is 0 Å². The van der Waals surface area contributed by atoms with Gasteiger partial charge in [-0.1, -0.05) is 41.4 Å². The van der Waals surface area contributed by atoms with Gasteiger partial charge in [-0.3, -0.25) is 20.0 Å². The van der Waals surface area contributed by atoms with Crippen molar-refractivity contribution in [2.75, 3.05) is 40.4 Å². The van der Waals surface area contributed by atoms with Gasteiger partial charge in [0.25, 0.3) is 0 Å². The molecule has 2 aliphatic rings. The molecule has 0 radical (unpaired) electrons. The Morgan fingerprint density at radius 3 is 2.72 bits per heavy atom. The molecule has 4 nitrogen and oxygen atoms in total. The van der Waals surface area contributed by atoms with Crippen molar-refractivity contribution in [3.63, 3.8) is 0 Å². The summed E-state index contributed by atoms with van der Waals surface area (Å²) in [7, 11) is 8.18. The molecule has 0 bridgehead atoms. The number of nitrogens with zero attached hydrogens (tertiary/aromatic N) is 3. The lowest BCUT2D eigenvalue weighted by molar-refractivity contribution is 0.196. The molecular weight excluding hydrogens is 264 g/mol. The van der Waals surface area contributed by atoms with E-state index in [1.165, 1.54) is 38.9 Å². The van der Waals surface area contributed by atoms with Gasteiger partial charge in [-0.05, 0) is 27.1 Å². The first-order valence-corrected chi connectivity index (χ1v) is 9.19. The maximum absolute atomic E-state index is 3.67. The molecule has 0 spiro atoms. The predicted octanol–water partition coefficient (Wildman–Crippen LogP) is 1.87. The van der Waals surface area contributed by atoms with E-state index in [4.69, 9.17) is 0 Å². The van der Waals surface area contributed by atoms with Gasteiger partial charge in [-0.15, -0.1) is 0 Å². The Kier molecular flexibility index (Phi) is 6.11. The smallest absolute Gasteiger partial charge is 0.121 e. The molecule has 2 fully saturated rings. The molecule has 2 saturated heterocycles. The maximum Gasteiger partial charge on any atom is 0.121 e. The number of nitrogens with one attached hydrogen (secondary N) is 1. The van der Waals surface area contributed by atoms with E-state index in [-0.39, 0.29) is 0 Å². The highest BCUT2D eigenvalue weighted by Gasteiger charge is 2.34. The lowest BCUT2D eigenvalue weighted by Crippen LogP contribution is -2.46. The molecule has 2 heterocycles. The second-order valence-corrected chi connectivity index (χ2v) is 7.74. The van der Waals surface area contributed by atoms with Gasteiger partial charge in [0, 0.05) is 13.1 Å². The molecule has 2 atom stereocenters. The topological polar surface area (TPSA) is 21.8 Å². The molecule has 6 heteroatoms. The number of hydrogen-bond acceptors (Lipinski definition) is 6. The molecule has 1 N–H and O–H groups in total. The third-order valence-electron chi connectivity index (χ3n) is 3.49. The van der Waals surface area contributed by atoms with Crippen LogP contribution in [0.15, 0.2) is 0 Å². The summed E-state index contributed by atoms with van der Waals surface area (Å²) in [4.78, 5) is 7.39. The summed E-state index contributed by atoms with van der Waals surface area (Å²) in [6, 6.07) is 0. The largest absolute Gasteiger partial charge is 0.289 e. The van der Waals surface area contributed by atoms with Crippen LogP contribution in [0, 0.1) is 0 Å². The minimum absolute atomic E-state index is 0.453. The van der Waals surface area contributed by atoms with Crippen LogP contribution in [-0.4, -0.2) is 66.1 Å². The molecule has 106 valence electrons. The SMILES string of the molecule is CCCCCN1CCN(C2NC(N(C)C)SS2)C1. The molecule has 18 heavy (non-hydrogen) atoms. The zero-order valence-electron chi connectivity index (χ0n) is 11.8. The molecule has 0 aromatic rings. The predicted molar refractivity (Wildman–Crippen MR) is 82.3 cm³/mol. The highest BCUT2D eigenvalue weighted by atomic mass is 33.1. The number of hydrogen-bond donors (Lipinski definition) is 1. The fourth-order valence-electron chi connectivity index (χ4n) is 2.31. The molecule has 0 aromatic heterocycles. The summed E-state index contributed by atoms with van der Waals surface area (Å²) in [6.45, 7) is 7.12. The number of rotatable bonds is 6. The Balaban J connectivity index is 1.69. The van der Waals surface area contributed by atoms with Crippen molar-refractivity contribution < 1.29 is 0 Å². The van der Waals surface area contributed by atoms with Crippen molar-refractivity contribution in [1.29, 1.82) is 0 Å². The van der Waals surface area contributed by atoms with E-state index in [1.807, 2.05) is 21.6 Å². The Hall–Kier alpha value is 0.540. The van der Waals surface area contributed by atoms with Crippen molar-refractivity contribution in [3.8, 4) is 0 Å². The first kappa shape index (κ1) is 14.9. The minimum atomic E-state index is 0.453. The Morgan fingerprint density at radius 2 is 2.06 bits per heavy atom. The molecule has 0 aromatic carbocycles. The second kappa shape index (κ2) is 7.36. The molecular formula is C12H26N4S2. The van der Waals surface area contributed by atoms with E-state index in [9.17, 15) is 0 Å². The molecule has 0 amide bonds. The van der Waals surface area contributed by atoms with Gasteiger partial charge in [0.1, 0.15) is 11.0 Å². The standard InChI is InChI=1S/C12H26N4S2/c1-4-5-6-7-15-8-9-16(10-15)12-13-11(14(2)3)17-18-12/h11-13H,4-10H2,1-3H3. The highest BCUT2D eigenvalue weighted by Crippen LogP contribution is 2.39. The van der Waals surface area contributed by atoms with E-state index < -0.39 is 0 Å². The van der Waals surface area contributed by atoms with E-state index in [2.05, 4.69) is 41.0 Å². The summed E-state index contributed by atoms with van der Waals surface area (Å²) in [5.41, 5.74) is 0.938. The Morgan fingerprint density at radius 1 is 1.22 bits per heavy atom. The zero-order valence-corrected chi connectivity index (χ0v) is 13.4. The fourth-order valence-corrected chi connectivity index (χ4v) is 5.29. The summed E-state index contributed by atoms with van der Waals surface area (Å²) in [6.07, 6.45) is 4.04. The van der Waals surface area contributed by atoms with Crippen LogP contribution in [0.5, 0.6) is 0 Å². The van der Waals surface area contributed by atoms with Gasteiger partial charge in [0.05, 0.1) is 6.67 Å². The minimum Gasteiger partial charge on any atom is -0.289 e. The maximum atomic E-state index is 3.67. The van der Waals surface area contributed by atoms with Crippen LogP contribution in [0.2, 0.25) is 0 Å². The van der Waals surface area contributed by atoms with E-state index in [1.54, 1.807) is 0 Å². The first-order valence-electron chi connectivity index (χ1n) is 6.91. The first-order chi connectivity index (χ1) is 8.70. The van der Waals surface area contributed by atoms with Gasteiger partial charge in [0.2, 0.25) is 0 Å². The van der Waals surface area contributed by atoms with Crippen molar-refractivity contribution in [2.45, 2.75) is 37.2 Å². The highest BCUT2D eigenvalue weighted by molar-refractivity contribution is 8.77. The lowest BCUT2D eigenvalue weighted by Gasteiger charge is -2.25. The monoisotopic (exact) mass is 290 g/mol. The fraction of sp³-hybridized carbons (Fsp3) is 1.00. The van der Waals surface area contributed by atoms with E-state index >= 15 is 0 Å².